The molecular formula is C16H16N4O. The Labute approximate surface area is 122 Å². The minimum atomic E-state index is -0.0708. The van der Waals surface area contributed by atoms with E-state index < -0.39 is 0 Å². The molecule has 2 N–H and O–H groups in total. The van der Waals surface area contributed by atoms with Crippen molar-refractivity contribution in [3.8, 4) is 5.69 Å². The number of hydrogen-bond donors (Lipinski definition) is 1. The van der Waals surface area contributed by atoms with Gasteiger partial charge in [0.15, 0.2) is 0 Å². The van der Waals surface area contributed by atoms with Crippen molar-refractivity contribution in [1.82, 2.24) is 14.7 Å². The van der Waals surface area contributed by atoms with Crippen LogP contribution < -0.4 is 5.73 Å². The second-order valence-electron chi connectivity index (χ2n) is 5.09. The largest absolute Gasteiger partial charge is 0.397 e. The standard InChI is InChI=1S/C16H16N4O/c1-19(2)16(21)11-7-8-15(13(17)9-11)20-14-6-4-3-5-12(14)10-18-20/h3-10H,17H2,1-2H3. The number of amides is 1. The summed E-state index contributed by atoms with van der Waals surface area (Å²) in [5.74, 6) is -0.0708. The summed E-state index contributed by atoms with van der Waals surface area (Å²) in [7, 11) is 3.43. The normalized spacial score (nSPS) is 10.8. The molecule has 5 nitrogen and oxygen atoms in total. The first kappa shape index (κ1) is 13.2. The van der Waals surface area contributed by atoms with Crippen LogP contribution in [0.25, 0.3) is 16.6 Å². The molecule has 0 spiro atoms. The molecule has 0 aliphatic carbocycles. The van der Waals surface area contributed by atoms with Gasteiger partial charge in [0.1, 0.15) is 0 Å². The van der Waals surface area contributed by atoms with E-state index >= 15 is 0 Å². The van der Waals surface area contributed by atoms with Crippen molar-refractivity contribution in [2.24, 2.45) is 0 Å². The molecule has 1 amide bonds. The molecule has 21 heavy (non-hydrogen) atoms. The molecule has 0 atom stereocenters. The SMILES string of the molecule is CN(C)C(=O)c1ccc(-n2ncc3ccccc32)c(N)c1. The van der Waals surface area contributed by atoms with E-state index in [-0.39, 0.29) is 5.91 Å². The topological polar surface area (TPSA) is 64.2 Å². The third-order valence-electron chi connectivity index (χ3n) is 3.39. The van der Waals surface area contributed by atoms with Crippen LogP contribution in [0, 0.1) is 0 Å². The molecule has 3 rings (SSSR count). The highest BCUT2D eigenvalue weighted by Crippen LogP contribution is 2.23. The zero-order valence-corrected chi connectivity index (χ0v) is 11.9. The van der Waals surface area contributed by atoms with Gasteiger partial charge in [0.25, 0.3) is 5.91 Å². The number of nitrogens with two attached hydrogens (primary N) is 1. The van der Waals surface area contributed by atoms with Crippen molar-refractivity contribution in [3.63, 3.8) is 0 Å². The van der Waals surface area contributed by atoms with Crippen LogP contribution in [0.4, 0.5) is 5.69 Å². The molecule has 0 saturated heterocycles. The van der Waals surface area contributed by atoms with Gasteiger partial charge in [-0.25, -0.2) is 4.68 Å². The van der Waals surface area contributed by atoms with Crippen molar-refractivity contribution < 1.29 is 4.79 Å². The number of anilines is 1. The summed E-state index contributed by atoms with van der Waals surface area (Å²) in [4.78, 5) is 13.5. The molecule has 0 fully saturated rings. The average Bonchev–Trinajstić information content (AvgIpc) is 2.90. The smallest absolute Gasteiger partial charge is 0.253 e. The van der Waals surface area contributed by atoms with E-state index in [9.17, 15) is 4.79 Å². The predicted octanol–water partition coefficient (Wildman–Crippen LogP) is 2.31. The lowest BCUT2D eigenvalue weighted by atomic mass is 10.1. The quantitative estimate of drug-likeness (QED) is 0.733. The number of nitrogen functional groups attached to an aromatic ring is 1. The van der Waals surface area contributed by atoms with E-state index in [2.05, 4.69) is 5.10 Å². The van der Waals surface area contributed by atoms with Crippen LogP contribution in [0.1, 0.15) is 10.4 Å². The lowest BCUT2D eigenvalue weighted by Crippen LogP contribution is -2.21. The first-order chi connectivity index (χ1) is 10.1. The number of fused-ring (bicyclic) bond motifs is 1. The van der Waals surface area contributed by atoms with E-state index in [0.29, 0.717) is 11.3 Å². The average molecular weight is 280 g/mol. The minimum Gasteiger partial charge on any atom is -0.397 e. The molecule has 0 saturated carbocycles. The van der Waals surface area contributed by atoms with Crippen LogP contribution in [0.5, 0.6) is 0 Å². The molecule has 3 aromatic rings. The van der Waals surface area contributed by atoms with Gasteiger partial charge in [-0.1, -0.05) is 18.2 Å². The minimum absolute atomic E-state index is 0.0708. The molecule has 0 aliphatic rings. The van der Waals surface area contributed by atoms with E-state index in [1.807, 2.05) is 30.3 Å². The van der Waals surface area contributed by atoms with Crippen LogP contribution in [-0.4, -0.2) is 34.7 Å². The van der Waals surface area contributed by atoms with Crippen molar-refractivity contribution in [2.75, 3.05) is 19.8 Å². The van der Waals surface area contributed by atoms with Crippen molar-refractivity contribution in [3.05, 3.63) is 54.2 Å². The summed E-state index contributed by atoms with van der Waals surface area (Å²) in [6.07, 6.45) is 1.80. The molecule has 0 aliphatic heterocycles. The Kier molecular flexibility index (Phi) is 3.10. The fraction of sp³-hybridized carbons (Fsp3) is 0.125. The highest BCUT2D eigenvalue weighted by molar-refractivity contribution is 5.95. The summed E-state index contributed by atoms with van der Waals surface area (Å²) in [6, 6.07) is 13.2. The molecule has 1 heterocycles. The summed E-state index contributed by atoms with van der Waals surface area (Å²) >= 11 is 0. The molecular weight excluding hydrogens is 264 g/mol. The summed E-state index contributed by atoms with van der Waals surface area (Å²) < 4.78 is 1.79. The number of aromatic nitrogens is 2. The van der Waals surface area contributed by atoms with Crippen LogP contribution >= 0.6 is 0 Å². The Balaban J connectivity index is 2.10. The molecule has 5 heteroatoms. The number of para-hydroxylation sites is 1. The van der Waals surface area contributed by atoms with E-state index in [1.165, 1.54) is 4.90 Å². The molecule has 0 bridgehead atoms. The number of carbonyl (C=O) groups is 1. The Morgan fingerprint density at radius 3 is 2.67 bits per heavy atom. The summed E-state index contributed by atoms with van der Waals surface area (Å²) in [6.45, 7) is 0. The van der Waals surface area contributed by atoms with Gasteiger partial charge in [0, 0.05) is 25.0 Å². The van der Waals surface area contributed by atoms with E-state index in [4.69, 9.17) is 5.73 Å². The van der Waals surface area contributed by atoms with E-state index in [1.54, 1.807) is 37.1 Å². The van der Waals surface area contributed by atoms with Gasteiger partial charge in [0.2, 0.25) is 0 Å². The summed E-state index contributed by atoms with van der Waals surface area (Å²) in [5, 5.41) is 5.42. The Bertz CT molecular complexity index is 820. The van der Waals surface area contributed by atoms with Gasteiger partial charge < -0.3 is 10.6 Å². The van der Waals surface area contributed by atoms with Gasteiger partial charge in [0.05, 0.1) is 23.1 Å². The van der Waals surface area contributed by atoms with Gasteiger partial charge in [-0.2, -0.15) is 5.10 Å². The molecule has 1 aromatic heterocycles. The highest BCUT2D eigenvalue weighted by atomic mass is 16.2. The highest BCUT2D eigenvalue weighted by Gasteiger charge is 2.12. The fourth-order valence-electron chi connectivity index (χ4n) is 2.30. The maximum atomic E-state index is 12.0. The maximum absolute atomic E-state index is 12.0. The second kappa shape index (κ2) is 4.94. The first-order valence-corrected chi connectivity index (χ1v) is 6.62. The number of benzene rings is 2. The Morgan fingerprint density at radius 1 is 1.19 bits per heavy atom. The molecule has 0 unspecified atom stereocenters. The predicted molar refractivity (Wildman–Crippen MR) is 83.5 cm³/mol. The number of hydrogen-bond acceptors (Lipinski definition) is 3. The summed E-state index contributed by atoms with van der Waals surface area (Å²) in [5.41, 5.74) is 8.95. The number of carbonyl (C=O) groups excluding carboxylic acids is 1. The zero-order chi connectivity index (χ0) is 15.0. The molecule has 106 valence electrons. The van der Waals surface area contributed by atoms with Crippen molar-refractivity contribution >= 4 is 22.5 Å². The number of nitrogens with zero attached hydrogens (tertiary/aromatic N) is 3. The van der Waals surface area contributed by atoms with Crippen LogP contribution in [0.15, 0.2) is 48.7 Å². The maximum Gasteiger partial charge on any atom is 0.253 e. The van der Waals surface area contributed by atoms with E-state index in [0.717, 1.165) is 16.6 Å². The zero-order valence-electron chi connectivity index (χ0n) is 11.9. The lowest BCUT2D eigenvalue weighted by molar-refractivity contribution is 0.0827. The van der Waals surface area contributed by atoms with Crippen LogP contribution in [0.2, 0.25) is 0 Å². The fourth-order valence-corrected chi connectivity index (χ4v) is 2.30. The first-order valence-electron chi connectivity index (χ1n) is 6.62. The van der Waals surface area contributed by atoms with Gasteiger partial charge in [-0.3, -0.25) is 4.79 Å². The number of rotatable bonds is 2. The van der Waals surface area contributed by atoms with Gasteiger partial charge in [-0.05, 0) is 24.3 Å². The third-order valence-corrected chi connectivity index (χ3v) is 3.39. The van der Waals surface area contributed by atoms with Crippen LogP contribution in [-0.2, 0) is 0 Å². The Hall–Kier alpha value is -2.82. The molecule has 0 radical (unpaired) electrons. The van der Waals surface area contributed by atoms with Crippen LogP contribution in [0.3, 0.4) is 0 Å². The van der Waals surface area contributed by atoms with Gasteiger partial charge >= 0.3 is 0 Å². The third kappa shape index (κ3) is 2.23. The second-order valence-corrected chi connectivity index (χ2v) is 5.09. The Morgan fingerprint density at radius 2 is 1.95 bits per heavy atom. The monoisotopic (exact) mass is 280 g/mol. The van der Waals surface area contributed by atoms with Crippen molar-refractivity contribution in [1.29, 1.82) is 0 Å². The van der Waals surface area contributed by atoms with Gasteiger partial charge in [-0.15, -0.1) is 0 Å². The molecule has 2 aromatic carbocycles. The lowest BCUT2D eigenvalue weighted by Gasteiger charge is -2.13. The van der Waals surface area contributed by atoms with Crippen molar-refractivity contribution in [2.45, 2.75) is 0 Å².